The number of carbonyl (C=O) groups excluding carboxylic acids is 1. The number of carbonyl (C=O) groups is 1. The number of benzene rings is 1. The fourth-order valence-electron chi connectivity index (χ4n) is 4.98. The van der Waals surface area contributed by atoms with Crippen LogP contribution in [0.25, 0.3) is 0 Å². The molecule has 1 amide bonds. The number of fused-ring (bicyclic) bond motifs is 1. The summed E-state index contributed by atoms with van der Waals surface area (Å²) in [7, 11) is 3.74. The largest absolute Gasteiger partial charge is 0.348 e. The van der Waals surface area contributed by atoms with Gasteiger partial charge in [-0.1, -0.05) is 29.8 Å². The minimum Gasteiger partial charge on any atom is -0.348 e. The highest BCUT2D eigenvalue weighted by Gasteiger charge is 2.56. The quantitative estimate of drug-likeness (QED) is 0.816. The molecule has 2 aliphatic rings. The lowest BCUT2D eigenvalue weighted by molar-refractivity contribution is -0.140. The van der Waals surface area contributed by atoms with Crippen LogP contribution in [0, 0.1) is 12.3 Å². The minimum absolute atomic E-state index is 0.100. The first-order valence-corrected chi connectivity index (χ1v) is 10.0. The van der Waals surface area contributed by atoms with Gasteiger partial charge >= 0.3 is 0 Å². The van der Waals surface area contributed by atoms with E-state index in [9.17, 15) is 4.79 Å². The molecule has 6 heteroatoms. The van der Waals surface area contributed by atoms with Crippen LogP contribution in [0.1, 0.15) is 24.0 Å². The third-order valence-corrected chi connectivity index (χ3v) is 6.10. The average molecular weight is 380 g/mol. The van der Waals surface area contributed by atoms with E-state index in [-0.39, 0.29) is 11.9 Å². The molecule has 1 aromatic carbocycles. The van der Waals surface area contributed by atoms with Crippen molar-refractivity contribution in [2.45, 2.75) is 32.4 Å². The van der Waals surface area contributed by atoms with Crippen molar-refractivity contribution in [3.8, 4) is 0 Å². The van der Waals surface area contributed by atoms with Crippen LogP contribution in [0.15, 0.2) is 42.7 Å². The van der Waals surface area contributed by atoms with E-state index < -0.39 is 5.41 Å². The fraction of sp³-hybridized carbons (Fsp3) is 0.500. The van der Waals surface area contributed by atoms with Crippen LogP contribution in [-0.4, -0.2) is 65.4 Å². The molecule has 148 valence electrons. The molecular weight excluding hydrogens is 350 g/mol. The summed E-state index contributed by atoms with van der Waals surface area (Å²) >= 11 is 0. The molecule has 2 atom stereocenters. The number of rotatable bonds is 4. The molecule has 28 heavy (non-hydrogen) atoms. The molecule has 0 spiro atoms. The number of piperidine rings is 1. The first-order chi connectivity index (χ1) is 13.5. The van der Waals surface area contributed by atoms with Gasteiger partial charge in [0.25, 0.3) is 0 Å². The van der Waals surface area contributed by atoms with E-state index in [1.54, 1.807) is 17.3 Å². The van der Waals surface area contributed by atoms with Gasteiger partial charge in [-0.2, -0.15) is 0 Å². The van der Waals surface area contributed by atoms with Gasteiger partial charge in [-0.05, 0) is 31.4 Å². The Morgan fingerprint density at radius 3 is 2.75 bits per heavy atom. The predicted molar refractivity (Wildman–Crippen MR) is 110 cm³/mol. The lowest BCUT2D eigenvalue weighted by Gasteiger charge is -2.45. The van der Waals surface area contributed by atoms with E-state index >= 15 is 0 Å². The summed E-state index contributed by atoms with van der Waals surface area (Å²) in [5, 5.41) is 0. The zero-order chi connectivity index (χ0) is 19.7. The topological polar surface area (TPSA) is 52.6 Å². The highest BCUT2D eigenvalue weighted by atomic mass is 16.2. The Morgan fingerprint density at radius 2 is 2.04 bits per heavy atom. The van der Waals surface area contributed by atoms with E-state index in [4.69, 9.17) is 0 Å². The van der Waals surface area contributed by atoms with Gasteiger partial charge in [0.2, 0.25) is 11.9 Å². The summed E-state index contributed by atoms with van der Waals surface area (Å²) in [4.78, 5) is 28.8. The van der Waals surface area contributed by atoms with Crippen LogP contribution >= 0.6 is 0 Å². The molecule has 2 fully saturated rings. The minimum atomic E-state index is -0.398. The van der Waals surface area contributed by atoms with E-state index in [0.29, 0.717) is 0 Å². The van der Waals surface area contributed by atoms with Crippen molar-refractivity contribution in [2.24, 2.45) is 5.41 Å². The maximum atomic E-state index is 13.4. The molecule has 3 heterocycles. The Bertz CT molecular complexity index is 840. The highest BCUT2D eigenvalue weighted by Crippen LogP contribution is 2.44. The smallest absolute Gasteiger partial charge is 0.231 e. The van der Waals surface area contributed by atoms with Crippen molar-refractivity contribution in [2.75, 3.05) is 38.6 Å². The van der Waals surface area contributed by atoms with Gasteiger partial charge in [0.15, 0.2) is 0 Å². The molecule has 1 aromatic heterocycles. The second-order valence-electron chi connectivity index (χ2n) is 8.38. The molecule has 0 bridgehead atoms. The molecule has 2 saturated heterocycles. The molecule has 0 N–H and O–H groups in total. The van der Waals surface area contributed by atoms with Crippen molar-refractivity contribution in [1.82, 2.24) is 19.8 Å². The zero-order valence-corrected chi connectivity index (χ0v) is 17.0. The van der Waals surface area contributed by atoms with Crippen LogP contribution in [0.2, 0.25) is 0 Å². The number of anilines is 1. The van der Waals surface area contributed by atoms with Gasteiger partial charge in [0, 0.05) is 52.7 Å². The van der Waals surface area contributed by atoms with E-state index in [2.05, 4.69) is 51.0 Å². The van der Waals surface area contributed by atoms with Crippen LogP contribution < -0.4 is 4.90 Å². The number of aryl methyl sites for hydroxylation is 1. The first-order valence-electron chi connectivity index (χ1n) is 10.0. The van der Waals surface area contributed by atoms with E-state index in [0.717, 1.165) is 45.0 Å². The Hall–Kier alpha value is -2.47. The molecule has 4 rings (SSSR count). The first kappa shape index (κ1) is 18.9. The Kier molecular flexibility index (Phi) is 5.06. The lowest BCUT2D eigenvalue weighted by Crippen LogP contribution is -2.58. The maximum Gasteiger partial charge on any atom is 0.231 e. The SMILES string of the molecule is Cc1cccc(CN2C[C@@H]3N(c4ncccn4)CCC[C@@]3(C(=O)N(C)C)C2)c1. The van der Waals surface area contributed by atoms with Gasteiger partial charge < -0.3 is 9.80 Å². The number of hydrogen-bond donors (Lipinski definition) is 0. The lowest BCUT2D eigenvalue weighted by atomic mass is 9.74. The van der Waals surface area contributed by atoms with Crippen LogP contribution in [-0.2, 0) is 11.3 Å². The Balaban J connectivity index is 1.66. The number of amides is 1. The van der Waals surface area contributed by atoms with Gasteiger partial charge in [0.1, 0.15) is 0 Å². The summed E-state index contributed by atoms with van der Waals surface area (Å²) in [6, 6.07) is 10.6. The van der Waals surface area contributed by atoms with Crippen molar-refractivity contribution < 1.29 is 4.79 Å². The van der Waals surface area contributed by atoms with E-state index in [1.807, 2.05) is 20.2 Å². The highest BCUT2D eigenvalue weighted by molar-refractivity contribution is 5.85. The fourth-order valence-corrected chi connectivity index (χ4v) is 4.98. The van der Waals surface area contributed by atoms with Gasteiger partial charge in [-0.15, -0.1) is 0 Å². The zero-order valence-electron chi connectivity index (χ0n) is 17.0. The third kappa shape index (κ3) is 3.37. The van der Waals surface area contributed by atoms with Crippen LogP contribution in [0.4, 0.5) is 5.95 Å². The van der Waals surface area contributed by atoms with Crippen LogP contribution in [0.3, 0.4) is 0 Å². The molecule has 2 aliphatic heterocycles. The molecule has 0 aliphatic carbocycles. The summed E-state index contributed by atoms with van der Waals surface area (Å²) in [6.07, 6.45) is 5.46. The Labute approximate surface area is 167 Å². The second kappa shape index (κ2) is 7.51. The molecule has 0 radical (unpaired) electrons. The monoisotopic (exact) mass is 379 g/mol. The van der Waals surface area contributed by atoms with Gasteiger partial charge in [-0.3, -0.25) is 9.69 Å². The normalized spacial score (nSPS) is 24.8. The number of aromatic nitrogens is 2. The van der Waals surface area contributed by atoms with E-state index in [1.165, 1.54) is 11.1 Å². The van der Waals surface area contributed by atoms with Crippen LogP contribution in [0.5, 0.6) is 0 Å². The summed E-state index contributed by atoms with van der Waals surface area (Å²) in [6.45, 7) is 5.52. The predicted octanol–water partition coefficient (Wildman–Crippen LogP) is 2.34. The molecular formula is C22H29N5O. The Morgan fingerprint density at radius 1 is 1.25 bits per heavy atom. The summed E-state index contributed by atoms with van der Waals surface area (Å²) in [5.41, 5.74) is 2.17. The maximum absolute atomic E-state index is 13.4. The standard InChI is InChI=1S/C22H29N5O/c1-17-7-4-8-18(13-17)14-26-15-19-22(16-26,20(28)25(2)3)9-5-12-27(19)21-23-10-6-11-24-21/h4,6-8,10-11,13,19H,5,9,12,14-16H2,1-3H3/t19-,22+/m0/s1. The van der Waals surface area contributed by atoms with Crippen molar-refractivity contribution >= 4 is 11.9 Å². The number of hydrogen-bond acceptors (Lipinski definition) is 5. The molecule has 0 saturated carbocycles. The number of likely N-dealkylation sites (tertiary alicyclic amines) is 1. The number of nitrogens with zero attached hydrogens (tertiary/aromatic N) is 5. The van der Waals surface area contributed by atoms with Gasteiger partial charge in [0.05, 0.1) is 11.5 Å². The van der Waals surface area contributed by atoms with Crippen molar-refractivity contribution in [3.05, 3.63) is 53.9 Å². The average Bonchev–Trinajstić information content (AvgIpc) is 3.07. The second-order valence-corrected chi connectivity index (χ2v) is 8.38. The molecule has 6 nitrogen and oxygen atoms in total. The summed E-state index contributed by atoms with van der Waals surface area (Å²) < 4.78 is 0. The summed E-state index contributed by atoms with van der Waals surface area (Å²) in [5.74, 6) is 0.963. The van der Waals surface area contributed by atoms with Crippen molar-refractivity contribution in [1.29, 1.82) is 0 Å². The van der Waals surface area contributed by atoms with Crippen molar-refractivity contribution in [3.63, 3.8) is 0 Å². The molecule has 0 unspecified atom stereocenters. The van der Waals surface area contributed by atoms with Gasteiger partial charge in [-0.25, -0.2) is 9.97 Å². The molecule has 2 aromatic rings. The third-order valence-electron chi connectivity index (χ3n) is 6.10.